The minimum absolute atomic E-state index is 0.0478. The van der Waals surface area contributed by atoms with Crippen LogP contribution >= 0.6 is 0 Å². The number of carboxylic acids is 1. The Balaban J connectivity index is 2.23. The lowest BCUT2D eigenvalue weighted by atomic mass is 10.1. The van der Waals surface area contributed by atoms with Crippen LogP contribution in [0, 0.1) is 5.92 Å². The molecule has 0 saturated carbocycles. The predicted molar refractivity (Wildman–Crippen MR) is 81.9 cm³/mol. The van der Waals surface area contributed by atoms with E-state index in [0.717, 1.165) is 12.1 Å². The van der Waals surface area contributed by atoms with Crippen LogP contribution in [0.5, 0.6) is 0 Å². The second-order valence-electron chi connectivity index (χ2n) is 6.25. The Morgan fingerprint density at radius 1 is 1.41 bits per heavy atom. The molecule has 2 heterocycles. The molecule has 22 heavy (non-hydrogen) atoms. The van der Waals surface area contributed by atoms with Gasteiger partial charge in [-0.25, -0.2) is 0 Å². The second kappa shape index (κ2) is 6.77. The average molecular weight is 306 g/mol. The van der Waals surface area contributed by atoms with E-state index in [-0.39, 0.29) is 23.9 Å². The lowest BCUT2D eigenvalue weighted by molar-refractivity contribution is -0.137. The molecule has 0 aliphatic carbocycles. The third kappa shape index (κ3) is 3.96. The van der Waals surface area contributed by atoms with Crippen molar-refractivity contribution >= 4 is 11.9 Å². The molecular formula is C16H22N2O4. The minimum Gasteiger partial charge on any atom is -0.481 e. The van der Waals surface area contributed by atoms with Crippen molar-refractivity contribution in [3.8, 4) is 0 Å². The Kier molecular flexibility index (Phi) is 5.00. The highest BCUT2D eigenvalue weighted by Gasteiger charge is 2.31. The molecule has 2 N–H and O–H groups in total. The van der Waals surface area contributed by atoms with Gasteiger partial charge >= 0.3 is 5.97 Å². The van der Waals surface area contributed by atoms with E-state index in [1.165, 1.54) is 6.07 Å². The highest BCUT2D eigenvalue weighted by Crippen LogP contribution is 2.22. The fourth-order valence-corrected chi connectivity index (χ4v) is 2.96. The SMILES string of the molecule is CC(C)Cc1cc(C(=O)N2CCCC2CC(=O)O)cc(=O)[nH]1. The Hall–Kier alpha value is -2.11. The lowest BCUT2D eigenvalue weighted by Gasteiger charge is -2.23. The highest BCUT2D eigenvalue weighted by molar-refractivity contribution is 5.94. The number of aromatic amines is 1. The van der Waals surface area contributed by atoms with Crippen LogP contribution < -0.4 is 5.56 Å². The molecule has 1 unspecified atom stereocenters. The smallest absolute Gasteiger partial charge is 0.305 e. The molecule has 1 saturated heterocycles. The summed E-state index contributed by atoms with van der Waals surface area (Å²) in [6.45, 7) is 4.62. The minimum atomic E-state index is -0.906. The van der Waals surface area contributed by atoms with Gasteiger partial charge in [0.2, 0.25) is 5.56 Å². The lowest BCUT2D eigenvalue weighted by Crippen LogP contribution is -2.37. The van der Waals surface area contributed by atoms with E-state index in [4.69, 9.17) is 5.11 Å². The van der Waals surface area contributed by atoms with Crippen molar-refractivity contribution in [2.75, 3.05) is 6.54 Å². The summed E-state index contributed by atoms with van der Waals surface area (Å²) in [7, 11) is 0. The third-order valence-electron chi connectivity index (χ3n) is 3.82. The summed E-state index contributed by atoms with van der Waals surface area (Å²) in [6, 6.07) is 2.72. The zero-order valence-electron chi connectivity index (χ0n) is 13.0. The van der Waals surface area contributed by atoms with Gasteiger partial charge < -0.3 is 15.0 Å². The number of nitrogens with one attached hydrogen (secondary N) is 1. The largest absolute Gasteiger partial charge is 0.481 e. The van der Waals surface area contributed by atoms with Gasteiger partial charge in [0.25, 0.3) is 5.91 Å². The number of H-pyrrole nitrogens is 1. The Morgan fingerprint density at radius 2 is 2.14 bits per heavy atom. The molecule has 1 fully saturated rings. The number of aromatic nitrogens is 1. The summed E-state index contributed by atoms with van der Waals surface area (Å²) in [5.41, 5.74) is 0.784. The molecule has 1 aromatic rings. The first-order valence-corrected chi connectivity index (χ1v) is 7.63. The normalized spacial score (nSPS) is 18.0. The van der Waals surface area contributed by atoms with E-state index < -0.39 is 5.97 Å². The molecule has 1 amide bonds. The summed E-state index contributed by atoms with van der Waals surface area (Å²) in [5.74, 6) is -0.788. The number of amides is 1. The zero-order chi connectivity index (χ0) is 16.3. The van der Waals surface area contributed by atoms with Crippen molar-refractivity contribution in [1.82, 2.24) is 9.88 Å². The van der Waals surface area contributed by atoms with Gasteiger partial charge in [0.1, 0.15) is 0 Å². The van der Waals surface area contributed by atoms with Gasteiger partial charge in [-0.2, -0.15) is 0 Å². The molecule has 0 spiro atoms. The van der Waals surface area contributed by atoms with Crippen LogP contribution in [0.1, 0.15) is 49.2 Å². The summed E-state index contributed by atoms with van der Waals surface area (Å²) >= 11 is 0. The van der Waals surface area contributed by atoms with Crippen LogP contribution in [0.2, 0.25) is 0 Å². The van der Waals surface area contributed by atoms with Crippen LogP contribution in [-0.2, 0) is 11.2 Å². The number of hydrogen-bond donors (Lipinski definition) is 2. The van der Waals surface area contributed by atoms with E-state index in [9.17, 15) is 14.4 Å². The van der Waals surface area contributed by atoms with Gasteiger partial charge in [0.15, 0.2) is 0 Å². The first-order valence-electron chi connectivity index (χ1n) is 7.63. The van der Waals surface area contributed by atoms with Gasteiger partial charge in [0.05, 0.1) is 6.42 Å². The quantitative estimate of drug-likeness (QED) is 0.865. The van der Waals surface area contributed by atoms with Gasteiger partial charge in [-0.1, -0.05) is 13.8 Å². The van der Waals surface area contributed by atoms with Crippen LogP contribution in [0.25, 0.3) is 0 Å². The Labute approximate surface area is 129 Å². The van der Waals surface area contributed by atoms with Gasteiger partial charge in [-0.3, -0.25) is 14.4 Å². The standard InChI is InChI=1S/C16H22N2O4/c1-10(2)6-12-7-11(8-14(19)17-12)16(22)18-5-3-4-13(18)9-15(20)21/h7-8,10,13H,3-6,9H2,1-2H3,(H,17,19)(H,20,21). The number of carbonyl (C=O) groups excluding carboxylic acids is 1. The molecule has 120 valence electrons. The van der Waals surface area contributed by atoms with E-state index >= 15 is 0 Å². The first kappa shape index (κ1) is 16.3. The Morgan fingerprint density at radius 3 is 2.77 bits per heavy atom. The topological polar surface area (TPSA) is 90.5 Å². The third-order valence-corrected chi connectivity index (χ3v) is 3.82. The van der Waals surface area contributed by atoms with E-state index in [2.05, 4.69) is 4.98 Å². The molecule has 1 aliphatic heterocycles. The summed E-state index contributed by atoms with van der Waals surface area (Å²) in [4.78, 5) is 39.6. The molecule has 1 atom stereocenters. The molecule has 1 aliphatic rings. The van der Waals surface area contributed by atoms with Crippen LogP contribution in [0.4, 0.5) is 0 Å². The number of rotatable bonds is 5. The summed E-state index contributed by atoms with van der Waals surface area (Å²) in [5, 5.41) is 8.94. The number of carbonyl (C=O) groups is 2. The van der Waals surface area contributed by atoms with Crippen molar-refractivity contribution in [3.63, 3.8) is 0 Å². The number of aliphatic carboxylic acids is 1. The maximum atomic E-state index is 12.6. The van der Waals surface area contributed by atoms with Crippen molar-refractivity contribution in [3.05, 3.63) is 33.7 Å². The molecule has 6 heteroatoms. The number of likely N-dealkylation sites (tertiary alicyclic amines) is 1. The number of nitrogens with zero attached hydrogens (tertiary/aromatic N) is 1. The summed E-state index contributed by atoms with van der Waals surface area (Å²) in [6.07, 6.45) is 2.13. The maximum Gasteiger partial charge on any atom is 0.305 e. The molecule has 1 aromatic heterocycles. The van der Waals surface area contributed by atoms with E-state index in [0.29, 0.717) is 30.9 Å². The average Bonchev–Trinajstić information content (AvgIpc) is 2.83. The van der Waals surface area contributed by atoms with Crippen LogP contribution in [0.15, 0.2) is 16.9 Å². The maximum absolute atomic E-state index is 12.6. The fourth-order valence-electron chi connectivity index (χ4n) is 2.96. The fraction of sp³-hybridized carbons (Fsp3) is 0.562. The number of hydrogen-bond acceptors (Lipinski definition) is 3. The second-order valence-corrected chi connectivity index (χ2v) is 6.25. The number of carboxylic acid groups (broad SMARTS) is 1. The van der Waals surface area contributed by atoms with Crippen LogP contribution in [0.3, 0.4) is 0 Å². The summed E-state index contributed by atoms with van der Waals surface area (Å²) < 4.78 is 0. The molecule has 0 radical (unpaired) electrons. The highest BCUT2D eigenvalue weighted by atomic mass is 16.4. The monoisotopic (exact) mass is 306 g/mol. The van der Waals surface area contributed by atoms with Gasteiger partial charge in [-0.15, -0.1) is 0 Å². The molecular weight excluding hydrogens is 284 g/mol. The van der Waals surface area contributed by atoms with Crippen molar-refractivity contribution in [2.45, 2.75) is 45.6 Å². The molecule has 6 nitrogen and oxygen atoms in total. The molecule has 0 aromatic carbocycles. The molecule has 0 bridgehead atoms. The predicted octanol–water partition coefficient (Wildman–Crippen LogP) is 1.65. The van der Waals surface area contributed by atoms with Crippen molar-refractivity contribution in [2.24, 2.45) is 5.92 Å². The first-order chi connectivity index (χ1) is 10.4. The van der Waals surface area contributed by atoms with Gasteiger partial charge in [0, 0.05) is 29.9 Å². The zero-order valence-corrected chi connectivity index (χ0v) is 13.0. The van der Waals surface area contributed by atoms with E-state index in [1.807, 2.05) is 13.8 Å². The van der Waals surface area contributed by atoms with E-state index in [1.54, 1.807) is 11.0 Å². The van der Waals surface area contributed by atoms with Gasteiger partial charge in [-0.05, 0) is 31.2 Å². The van der Waals surface area contributed by atoms with Crippen molar-refractivity contribution in [1.29, 1.82) is 0 Å². The Bertz CT molecular complexity index is 621. The number of pyridine rings is 1. The van der Waals surface area contributed by atoms with Crippen LogP contribution in [-0.4, -0.2) is 39.5 Å². The molecule has 2 rings (SSSR count). The van der Waals surface area contributed by atoms with Crippen molar-refractivity contribution < 1.29 is 14.7 Å².